The van der Waals surface area contributed by atoms with Gasteiger partial charge < -0.3 is 14.8 Å². The molecule has 0 spiro atoms. The number of aromatic nitrogens is 2. The Morgan fingerprint density at radius 3 is 2.78 bits per heavy atom. The number of likely N-dealkylation sites (N-methyl/N-ethyl adjacent to an activating group) is 1. The maximum absolute atomic E-state index is 12.1. The van der Waals surface area contributed by atoms with Crippen molar-refractivity contribution in [1.29, 1.82) is 0 Å². The fraction of sp³-hybridized carbons (Fsp3) is 0.211. The Labute approximate surface area is 166 Å². The first-order valence-corrected chi connectivity index (χ1v) is 9.78. The number of carbonyl (C=O) groups is 1. The van der Waals surface area contributed by atoms with Crippen molar-refractivity contribution in [2.24, 2.45) is 4.99 Å². The molecule has 8 heteroatoms. The lowest BCUT2D eigenvalue weighted by Gasteiger charge is -2.14. The molecule has 1 N–H and O–H groups in total. The summed E-state index contributed by atoms with van der Waals surface area (Å²) in [5, 5.41) is 5.12. The van der Waals surface area contributed by atoms with Gasteiger partial charge in [-0.15, -0.1) is 11.3 Å². The highest BCUT2D eigenvalue weighted by Gasteiger charge is 2.15. The summed E-state index contributed by atoms with van der Waals surface area (Å²) in [4.78, 5) is 23.7. The molecular weight excluding hydrogens is 382 g/mol. The number of aliphatic imine (C=N–C) groups is 1. The maximum atomic E-state index is 12.1. The van der Waals surface area contributed by atoms with Crippen molar-refractivity contribution < 1.29 is 4.79 Å². The summed E-state index contributed by atoms with van der Waals surface area (Å²) in [5.74, 6) is 0.846. The number of benzene rings is 1. The summed E-state index contributed by atoms with van der Waals surface area (Å²) in [6.45, 7) is 2.16. The van der Waals surface area contributed by atoms with Crippen LogP contribution in [0.3, 0.4) is 0 Å². The lowest BCUT2D eigenvalue weighted by atomic mass is 10.2. The minimum atomic E-state index is -0.185. The van der Waals surface area contributed by atoms with Crippen molar-refractivity contribution in [3.63, 3.8) is 0 Å². The molecule has 1 aliphatic heterocycles. The molecule has 3 aromatic rings. The zero-order chi connectivity index (χ0) is 18.8. The molecule has 138 valence electrons. The third-order valence-electron chi connectivity index (χ3n) is 4.37. The lowest BCUT2D eigenvalue weighted by Crippen LogP contribution is -2.23. The molecule has 1 aliphatic rings. The van der Waals surface area contributed by atoms with E-state index in [1.165, 1.54) is 11.3 Å². The molecule has 0 bridgehead atoms. The van der Waals surface area contributed by atoms with Crippen LogP contribution in [0, 0.1) is 0 Å². The van der Waals surface area contributed by atoms with E-state index < -0.39 is 0 Å². The third kappa shape index (κ3) is 3.74. The van der Waals surface area contributed by atoms with Gasteiger partial charge in [-0.2, -0.15) is 0 Å². The van der Waals surface area contributed by atoms with Gasteiger partial charge in [0.25, 0.3) is 5.91 Å². The van der Waals surface area contributed by atoms with Crippen molar-refractivity contribution in [3.8, 4) is 5.69 Å². The number of carbonyl (C=O) groups excluding carboxylic acids is 1. The molecule has 3 heterocycles. The summed E-state index contributed by atoms with van der Waals surface area (Å²) in [7, 11) is 2.06. The van der Waals surface area contributed by atoms with Gasteiger partial charge in [0.2, 0.25) is 0 Å². The summed E-state index contributed by atoms with van der Waals surface area (Å²) in [6.07, 6.45) is 3.65. The number of halogens is 1. The molecular formula is C19H18ClN5OS. The highest BCUT2D eigenvalue weighted by molar-refractivity contribution is 7.12. The number of amidine groups is 1. The van der Waals surface area contributed by atoms with Gasteiger partial charge >= 0.3 is 0 Å². The largest absolute Gasteiger partial charge is 0.358 e. The van der Waals surface area contributed by atoms with Crippen molar-refractivity contribution in [2.75, 3.05) is 20.1 Å². The van der Waals surface area contributed by atoms with Crippen molar-refractivity contribution >= 4 is 34.7 Å². The number of nitrogens with one attached hydrogen (secondary N) is 1. The molecule has 0 atom stereocenters. The monoisotopic (exact) mass is 399 g/mol. The smallest absolute Gasteiger partial charge is 0.263 e. The van der Waals surface area contributed by atoms with E-state index in [0.717, 1.165) is 35.9 Å². The molecule has 0 radical (unpaired) electrons. The summed E-state index contributed by atoms with van der Waals surface area (Å²) in [5.41, 5.74) is 2.89. The SMILES string of the molecule is CN1CCN=C1c1ccc(-n2cnc(CNC(=O)c3sccc3Cl)c2)cc1. The number of nitrogens with zero attached hydrogens (tertiary/aromatic N) is 4. The Hall–Kier alpha value is -2.64. The van der Waals surface area contributed by atoms with Crippen molar-refractivity contribution in [3.05, 3.63) is 69.4 Å². The van der Waals surface area contributed by atoms with Crippen LogP contribution in [0.1, 0.15) is 20.9 Å². The molecule has 6 nitrogen and oxygen atoms in total. The summed E-state index contributed by atoms with van der Waals surface area (Å²) >= 11 is 7.31. The summed E-state index contributed by atoms with van der Waals surface area (Å²) < 4.78 is 1.93. The Morgan fingerprint density at radius 1 is 1.30 bits per heavy atom. The van der Waals surface area contributed by atoms with Gasteiger partial charge in [0.1, 0.15) is 10.7 Å². The van der Waals surface area contributed by atoms with Gasteiger partial charge in [-0.25, -0.2) is 4.98 Å². The van der Waals surface area contributed by atoms with Gasteiger partial charge in [-0.05, 0) is 35.7 Å². The normalized spacial score (nSPS) is 13.7. The van der Waals surface area contributed by atoms with Crippen LogP contribution >= 0.6 is 22.9 Å². The lowest BCUT2D eigenvalue weighted by molar-refractivity contribution is 0.0954. The highest BCUT2D eigenvalue weighted by atomic mass is 35.5. The van der Waals surface area contributed by atoms with Gasteiger partial charge in [-0.3, -0.25) is 9.79 Å². The maximum Gasteiger partial charge on any atom is 0.263 e. The molecule has 1 aromatic carbocycles. The molecule has 1 amide bonds. The molecule has 0 fully saturated rings. The first-order valence-electron chi connectivity index (χ1n) is 8.52. The highest BCUT2D eigenvalue weighted by Crippen LogP contribution is 2.21. The molecule has 0 saturated carbocycles. The average molecular weight is 400 g/mol. The minimum absolute atomic E-state index is 0.185. The predicted octanol–water partition coefficient (Wildman–Crippen LogP) is 3.21. The number of amides is 1. The van der Waals surface area contributed by atoms with Crippen LogP contribution in [0.15, 0.2) is 53.2 Å². The third-order valence-corrected chi connectivity index (χ3v) is 5.71. The number of hydrogen-bond donors (Lipinski definition) is 1. The first-order chi connectivity index (χ1) is 13.1. The van der Waals surface area contributed by atoms with Crippen LogP contribution in [0.5, 0.6) is 0 Å². The molecule has 2 aromatic heterocycles. The zero-order valence-electron chi connectivity index (χ0n) is 14.7. The topological polar surface area (TPSA) is 62.5 Å². The average Bonchev–Trinajstić information content (AvgIpc) is 3.41. The van der Waals surface area contributed by atoms with Crippen molar-refractivity contribution in [2.45, 2.75) is 6.54 Å². The van der Waals surface area contributed by atoms with Gasteiger partial charge in [0, 0.05) is 31.0 Å². The number of hydrogen-bond acceptors (Lipinski definition) is 5. The number of imidazole rings is 1. The van der Waals surface area contributed by atoms with E-state index in [-0.39, 0.29) is 5.91 Å². The Bertz CT molecular complexity index is 992. The Morgan fingerprint density at radius 2 is 2.11 bits per heavy atom. The minimum Gasteiger partial charge on any atom is -0.358 e. The zero-order valence-corrected chi connectivity index (χ0v) is 16.3. The van der Waals surface area contributed by atoms with E-state index in [9.17, 15) is 4.79 Å². The number of thiophene rings is 1. The molecule has 27 heavy (non-hydrogen) atoms. The van der Waals surface area contributed by atoms with Gasteiger partial charge in [0.05, 0.1) is 30.1 Å². The quantitative estimate of drug-likeness (QED) is 0.716. The summed E-state index contributed by atoms with van der Waals surface area (Å²) in [6, 6.07) is 9.93. The van der Waals surface area contributed by atoms with E-state index in [4.69, 9.17) is 11.6 Å². The van der Waals surface area contributed by atoms with Crippen LogP contribution in [0.2, 0.25) is 5.02 Å². The van der Waals surface area contributed by atoms with Crippen LogP contribution < -0.4 is 5.32 Å². The fourth-order valence-electron chi connectivity index (χ4n) is 2.93. The Balaban J connectivity index is 1.42. The van der Waals surface area contributed by atoms with Crippen LogP contribution in [0.25, 0.3) is 5.69 Å². The van der Waals surface area contributed by atoms with E-state index in [0.29, 0.717) is 16.4 Å². The molecule has 4 rings (SSSR count). The van der Waals surface area contributed by atoms with Gasteiger partial charge in [0.15, 0.2) is 0 Å². The molecule has 0 unspecified atom stereocenters. The second kappa shape index (κ2) is 7.54. The van der Waals surface area contributed by atoms with E-state index >= 15 is 0 Å². The van der Waals surface area contributed by atoms with Crippen molar-refractivity contribution in [1.82, 2.24) is 19.8 Å². The van der Waals surface area contributed by atoms with E-state index in [2.05, 4.69) is 39.4 Å². The standard InChI is InChI=1S/C19H18ClN5OS/c1-24-8-7-21-18(24)13-2-4-15(5-3-13)25-11-14(23-12-25)10-22-19(26)17-16(20)6-9-27-17/h2-6,9,11-12H,7-8,10H2,1H3,(H,22,26). The van der Waals surface area contributed by atoms with Gasteiger partial charge in [-0.1, -0.05) is 11.6 Å². The molecule has 0 aliphatic carbocycles. The second-order valence-corrected chi connectivity index (χ2v) is 7.55. The fourth-order valence-corrected chi connectivity index (χ4v) is 3.99. The van der Waals surface area contributed by atoms with E-state index in [1.807, 2.05) is 22.9 Å². The van der Waals surface area contributed by atoms with E-state index in [1.54, 1.807) is 17.8 Å². The number of rotatable bonds is 5. The first kappa shape index (κ1) is 17.8. The van der Waals surface area contributed by atoms with Crippen LogP contribution in [-0.2, 0) is 6.54 Å². The van der Waals surface area contributed by atoms with Crippen LogP contribution in [-0.4, -0.2) is 46.3 Å². The molecule has 0 saturated heterocycles. The second-order valence-electron chi connectivity index (χ2n) is 6.23. The predicted molar refractivity (Wildman–Crippen MR) is 108 cm³/mol. The Kier molecular flexibility index (Phi) is 4.96. The van der Waals surface area contributed by atoms with Crippen LogP contribution in [0.4, 0.5) is 0 Å².